The van der Waals surface area contributed by atoms with Gasteiger partial charge in [0.15, 0.2) is 17.2 Å². The summed E-state index contributed by atoms with van der Waals surface area (Å²) in [5.74, 6) is 0.401. The van der Waals surface area contributed by atoms with Crippen LogP contribution in [0.1, 0.15) is 16.3 Å². The molecule has 0 aliphatic carbocycles. The number of carbonyl (C=O) groups is 1. The molecule has 0 spiro atoms. The van der Waals surface area contributed by atoms with E-state index in [1.807, 2.05) is 28.8 Å². The van der Waals surface area contributed by atoms with Gasteiger partial charge in [0.05, 0.1) is 6.54 Å². The number of fused-ring (bicyclic) bond motifs is 1. The van der Waals surface area contributed by atoms with Crippen LogP contribution in [0.4, 0.5) is 0 Å². The fourth-order valence-corrected chi connectivity index (χ4v) is 1.96. The molecule has 8 heteroatoms. The lowest BCUT2D eigenvalue weighted by Gasteiger charge is -2.01. The molecule has 0 saturated heterocycles. The van der Waals surface area contributed by atoms with Crippen LogP contribution in [0.3, 0.4) is 0 Å². The number of rotatable bonds is 3. The van der Waals surface area contributed by atoms with Gasteiger partial charge < -0.3 is 5.32 Å². The van der Waals surface area contributed by atoms with Crippen molar-refractivity contribution in [3.8, 4) is 0 Å². The predicted octanol–water partition coefficient (Wildman–Crippen LogP) is 0.511. The molecule has 3 aromatic rings. The SMILES string of the molecule is O=C(NCc1nnc2ccccn12)c1csnn1. The summed E-state index contributed by atoms with van der Waals surface area (Å²) in [4.78, 5) is 11.7. The summed E-state index contributed by atoms with van der Waals surface area (Å²) < 4.78 is 5.45. The second-order valence-corrected chi connectivity index (χ2v) is 4.13. The number of aromatic nitrogens is 5. The fraction of sp³-hybridized carbons (Fsp3) is 0.100. The van der Waals surface area contributed by atoms with Crippen LogP contribution in [0.25, 0.3) is 5.65 Å². The van der Waals surface area contributed by atoms with Crippen LogP contribution in [0.2, 0.25) is 0 Å². The molecule has 0 bridgehead atoms. The molecule has 0 radical (unpaired) electrons. The molecule has 1 N–H and O–H groups in total. The van der Waals surface area contributed by atoms with Crippen molar-refractivity contribution in [2.24, 2.45) is 0 Å². The Kier molecular flexibility index (Phi) is 2.69. The first kappa shape index (κ1) is 10.8. The van der Waals surface area contributed by atoms with E-state index in [1.165, 1.54) is 0 Å². The van der Waals surface area contributed by atoms with Gasteiger partial charge in [-0.05, 0) is 23.7 Å². The average Bonchev–Trinajstić information content (AvgIpc) is 3.06. The smallest absolute Gasteiger partial charge is 0.273 e. The molecule has 1 amide bonds. The van der Waals surface area contributed by atoms with Gasteiger partial charge in [-0.15, -0.1) is 15.3 Å². The predicted molar refractivity (Wildman–Crippen MR) is 64.1 cm³/mol. The normalized spacial score (nSPS) is 10.7. The van der Waals surface area contributed by atoms with Crippen molar-refractivity contribution in [3.63, 3.8) is 0 Å². The Bertz CT molecular complexity index is 677. The third kappa shape index (κ3) is 1.93. The van der Waals surface area contributed by atoms with Gasteiger partial charge in [-0.3, -0.25) is 9.20 Å². The van der Waals surface area contributed by atoms with E-state index in [4.69, 9.17) is 0 Å². The molecule has 0 fully saturated rings. The fourth-order valence-electron chi connectivity index (χ4n) is 1.52. The number of hydrogen-bond acceptors (Lipinski definition) is 6. The number of pyridine rings is 1. The van der Waals surface area contributed by atoms with Gasteiger partial charge in [0.1, 0.15) is 0 Å². The molecular weight excluding hydrogens is 252 g/mol. The monoisotopic (exact) mass is 260 g/mol. The van der Waals surface area contributed by atoms with Crippen LogP contribution in [-0.4, -0.2) is 30.1 Å². The first-order valence-corrected chi connectivity index (χ1v) is 6.02. The second kappa shape index (κ2) is 4.49. The number of nitrogens with one attached hydrogen (secondary N) is 1. The zero-order valence-corrected chi connectivity index (χ0v) is 9.96. The quantitative estimate of drug-likeness (QED) is 0.741. The summed E-state index contributed by atoms with van der Waals surface area (Å²) in [6.45, 7) is 0.293. The number of carbonyl (C=O) groups excluding carboxylic acids is 1. The summed E-state index contributed by atoms with van der Waals surface area (Å²) in [5, 5.41) is 16.0. The van der Waals surface area contributed by atoms with Gasteiger partial charge >= 0.3 is 0 Å². The zero-order valence-electron chi connectivity index (χ0n) is 9.15. The van der Waals surface area contributed by atoms with Crippen LogP contribution < -0.4 is 5.32 Å². The van der Waals surface area contributed by atoms with Crippen molar-refractivity contribution in [2.45, 2.75) is 6.54 Å². The van der Waals surface area contributed by atoms with Crippen LogP contribution in [0.5, 0.6) is 0 Å². The number of amides is 1. The Morgan fingerprint density at radius 2 is 2.28 bits per heavy atom. The number of nitrogens with zero attached hydrogens (tertiary/aromatic N) is 5. The lowest BCUT2D eigenvalue weighted by Crippen LogP contribution is -2.24. The third-order valence-corrected chi connectivity index (χ3v) is 2.89. The Morgan fingerprint density at radius 3 is 3.11 bits per heavy atom. The zero-order chi connectivity index (χ0) is 12.4. The highest BCUT2D eigenvalue weighted by atomic mass is 32.1. The minimum atomic E-state index is -0.267. The molecule has 18 heavy (non-hydrogen) atoms. The molecule has 0 unspecified atom stereocenters. The maximum absolute atomic E-state index is 11.7. The van der Waals surface area contributed by atoms with E-state index in [2.05, 4.69) is 25.1 Å². The van der Waals surface area contributed by atoms with Crippen molar-refractivity contribution in [2.75, 3.05) is 0 Å². The van der Waals surface area contributed by atoms with Crippen molar-refractivity contribution in [1.82, 2.24) is 29.5 Å². The molecule has 0 aromatic carbocycles. The van der Waals surface area contributed by atoms with E-state index >= 15 is 0 Å². The van der Waals surface area contributed by atoms with Gasteiger partial charge in [-0.25, -0.2) is 0 Å². The van der Waals surface area contributed by atoms with Crippen molar-refractivity contribution < 1.29 is 4.79 Å². The van der Waals surface area contributed by atoms with E-state index in [0.29, 0.717) is 18.1 Å². The summed E-state index contributed by atoms with van der Waals surface area (Å²) in [7, 11) is 0. The van der Waals surface area contributed by atoms with Crippen LogP contribution >= 0.6 is 11.5 Å². The lowest BCUT2D eigenvalue weighted by atomic mass is 10.4. The summed E-state index contributed by atoms with van der Waals surface area (Å²) in [6.07, 6.45) is 1.85. The molecular formula is C10H8N6OS. The summed E-state index contributed by atoms with van der Waals surface area (Å²) in [5.41, 5.74) is 1.06. The van der Waals surface area contributed by atoms with Crippen LogP contribution in [0, 0.1) is 0 Å². The minimum absolute atomic E-state index is 0.267. The Morgan fingerprint density at radius 1 is 1.33 bits per heavy atom. The van der Waals surface area contributed by atoms with Gasteiger partial charge in [0.25, 0.3) is 5.91 Å². The van der Waals surface area contributed by atoms with E-state index < -0.39 is 0 Å². The van der Waals surface area contributed by atoms with E-state index in [1.54, 1.807) is 5.38 Å². The van der Waals surface area contributed by atoms with Crippen molar-refractivity contribution >= 4 is 23.1 Å². The summed E-state index contributed by atoms with van der Waals surface area (Å²) >= 11 is 1.14. The van der Waals surface area contributed by atoms with Gasteiger partial charge in [0, 0.05) is 11.6 Å². The first-order chi connectivity index (χ1) is 8.84. The Labute approximate surface area is 106 Å². The van der Waals surface area contributed by atoms with Crippen molar-refractivity contribution in [1.29, 1.82) is 0 Å². The third-order valence-electron chi connectivity index (χ3n) is 2.38. The first-order valence-electron chi connectivity index (χ1n) is 5.18. The van der Waals surface area contributed by atoms with Gasteiger partial charge in [0.2, 0.25) is 0 Å². The highest BCUT2D eigenvalue weighted by Gasteiger charge is 2.10. The molecule has 0 aliphatic rings. The lowest BCUT2D eigenvalue weighted by molar-refractivity contribution is 0.0945. The van der Waals surface area contributed by atoms with Crippen LogP contribution in [-0.2, 0) is 6.54 Å². The topological polar surface area (TPSA) is 85.1 Å². The Balaban J connectivity index is 1.76. The minimum Gasteiger partial charge on any atom is -0.343 e. The standard InChI is InChI=1S/C10H8N6OS/c17-10(7-6-18-15-12-7)11-5-9-14-13-8-3-1-2-4-16(8)9/h1-4,6H,5H2,(H,11,17). The van der Waals surface area contributed by atoms with Crippen LogP contribution in [0.15, 0.2) is 29.8 Å². The number of hydrogen-bond donors (Lipinski definition) is 1. The van der Waals surface area contributed by atoms with E-state index in [0.717, 1.165) is 17.2 Å². The molecule has 0 atom stereocenters. The van der Waals surface area contributed by atoms with E-state index in [-0.39, 0.29) is 5.91 Å². The highest BCUT2D eigenvalue weighted by molar-refractivity contribution is 7.03. The van der Waals surface area contributed by atoms with Gasteiger partial charge in [-0.1, -0.05) is 10.6 Å². The second-order valence-electron chi connectivity index (χ2n) is 3.52. The maximum Gasteiger partial charge on any atom is 0.273 e. The molecule has 3 aromatic heterocycles. The molecule has 0 saturated carbocycles. The largest absolute Gasteiger partial charge is 0.343 e. The molecule has 7 nitrogen and oxygen atoms in total. The highest BCUT2D eigenvalue weighted by Crippen LogP contribution is 2.03. The molecule has 3 rings (SSSR count). The molecule has 3 heterocycles. The Hall–Kier alpha value is -2.35. The maximum atomic E-state index is 11.7. The van der Waals surface area contributed by atoms with E-state index in [9.17, 15) is 4.79 Å². The molecule has 0 aliphatic heterocycles. The van der Waals surface area contributed by atoms with Gasteiger partial charge in [-0.2, -0.15) is 0 Å². The van der Waals surface area contributed by atoms with Crippen molar-refractivity contribution in [3.05, 3.63) is 41.3 Å². The average molecular weight is 260 g/mol. The molecule has 90 valence electrons. The summed E-state index contributed by atoms with van der Waals surface area (Å²) in [6, 6.07) is 5.61.